The zero-order valence-corrected chi connectivity index (χ0v) is 10.2. The number of hydrogen-bond donors (Lipinski definition) is 1. The predicted molar refractivity (Wildman–Crippen MR) is 65.3 cm³/mol. The Balaban J connectivity index is 2.35. The van der Waals surface area contributed by atoms with Crippen molar-refractivity contribution < 1.29 is 9.53 Å². The van der Waals surface area contributed by atoms with Crippen LogP contribution in [0.4, 0.5) is 0 Å². The molecular formula is C12H10BrNO2. The number of esters is 1. The summed E-state index contributed by atoms with van der Waals surface area (Å²) in [6.45, 7) is 0. The first-order valence-corrected chi connectivity index (χ1v) is 5.53. The molecule has 16 heavy (non-hydrogen) atoms. The first-order valence-electron chi connectivity index (χ1n) is 4.74. The van der Waals surface area contributed by atoms with E-state index in [2.05, 4.69) is 25.7 Å². The molecule has 0 fully saturated rings. The molecule has 0 unspecified atom stereocenters. The molecule has 1 aromatic heterocycles. The molecule has 0 spiro atoms. The van der Waals surface area contributed by atoms with Gasteiger partial charge in [-0.25, -0.2) is 4.79 Å². The summed E-state index contributed by atoms with van der Waals surface area (Å²) in [5, 5.41) is 0. The topological polar surface area (TPSA) is 42.1 Å². The number of aromatic amines is 1. The van der Waals surface area contributed by atoms with Gasteiger partial charge in [0.25, 0.3) is 0 Å². The summed E-state index contributed by atoms with van der Waals surface area (Å²) in [4.78, 5) is 14.3. The number of benzene rings is 1. The highest BCUT2D eigenvalue weighted by Crippen LogP contribution is 2.22. The fourth-order valence-electron chi connectivity index (χ4n) is 1.45. The summed E-state index contributed by atoms with van der Waals surface area (Å²) >= 11 is 3.40. The Morgan fingerprint density at radius 2 is 2.12 bits per heavy atom. The second-order valence-corrected chi connectivity index (χ2v) is 4.20. The highest BCUT2D eigenvalue weighted by atomic mass is 79.9. The third kappa shape index (κ3) is 2.17. The second-order valence-electron chi connectivity index (χ2n) is 3.29. The minimum absolute atomic E-state index is 0.360. The number of aromatic nitrogens is 1. The van der Waals surface area contributed by atoms with Gasteiger partial charge in [-0.1, -0.05) is 28.1 Å². The quantitative estimate of drug-likeness (QED) is 0.858. The van der Waals surface area contributed by atoms with E-state index < -0.39 is 0 Å². The van der Waals surface area contributed by atoms with Crippen LogP contribution in [0.15, 0.2) is 40.9 Å². The van der Waals surface area contributed by atoms with E-state index in [4.69, 9.17) is 0 Å². The van der Waals surface area contributed by atoms with Gasteiger partial charge >= 0.3 is 5.97 Å². The molecule has 0 aliphatic heterocycles. The summed E-state index contributed by atoms with van der Waals surface area (Å²) in [5.41, 5.74) is 2.36. The van der Waals surface area contributed by atoms with Crippen molar-refractivity contribution in [2.75, 3.05) is 7.11 Å². The number of halogens is 1. The molecule has 0 radical (unpaired) electrons. The number of methoxy groups -OCH3 is 1. The van der Waals surface area contributed by atoms with Crippen molar-refractivity contribution >= 4 is 21.9 Å². The highest BCUT2D eigenvalue weighted by Gasteiger charge is 2.08. The van der Waals surface area contributed by atoms with Crippen LogP contribution in [0.5, 0.6) is 0 Å². The number of H-pyrrole nitrogens is 1. The first kappa shape index (κ1) is 11.0. The molecule has 0 bridgehead atoms. The zero-order chi connectivity index (χ0) is 11.5. The van der Waals surface area contributed by atoms with E-state index in [-0.39, 0.29) is 5.97 Å². The summed E-state index contributed by atoms with van der Waals surface area (Å²) in [7, 11) is 1.36. The molecule has 2 rings (SSSR count). The maximum Gasteiger partial charge on any atom is 0.354 e. The van der Waals surface area contributed by atoms with Crippen molar-refractivity contribution in [3.63, 3.8) is 0 Å². The van der Waals surface area contributed by atoms with Gasteiger partial charge in [0.15, 0.2) is 0 Å². The van der Waals surface area contributed by atoms with Gasteiger partial charge < -0.3 is 9.72 Å². The second kappa shape index (κ2) is 4.53. The Bertz CT molecular complexity index is 519. The van der Waals surface area contributed by atoms with Gasteiger partial charge in [0.05, 0.1) is 7.11 Å². The van der Waals surface area contributed by atoms with E-state index in [1.54, 1.807) is 6.07 Å². The molecule has 0 saturated carbocycles. The van der Waals surface area contributed by atoms with Crippen LogP contribution in [-0.4, -0.2) is 18.1 Å². The molecule has 1 aromatic carbocycles. The van der Waals surface area contributed by atoms with Gasteiger partial charge in [-0.2, -0.15) is 0 Å². The largest absolute Gasteiger partial charge is 0.464 e. The minimum Gasteiger partial charge on any atom is -0.464 e. The predicted octanol–water partition coefficient (Wildman–Crippen LogP) is 3.23. The molecule has 0 atom stereocenters. The van der Waals surface area contributed by atoms with Crippen molar-refractivity contribution in [3.8, 4) is 11.3 Å². The Kier molecular flexibility index (Phi) is 3.10. The Morgan fingerprint density at radius 1 is 1.31 bits per heavy atom. The lowest BCUT2D eigenvalue weighted by Gasteiger charge is -1.99. The van der Waals surface area contributed by atoms with Crippen molar-refractivity contribution in [2.45, 2.75) is 0 Å². The number of rotatable bonds is 2. The summed E-state index contributed by atoms with van der Waals surface area (Å²) in [6, 6.07) is 11.4. The molecule has 1 heterocycles. The van der Waals surface area contributed by atoms with Gasteiger partial charge in [0, 0.05) is 10.2 Å². The Morgan fingerprint density at radius 3 is 2.81 bits per heavy atom. The molecule has 0 aliphatic carbocycles. The van der Waals surface area contributed by atoms with Crippen LogP contribution < -0.4 is 0 Å². The first-order chi connectivity index (χ1) is 7.70. The minimum atomic E-state index is -0.360. The van der Waals surface area contributed by atoms with Crippen molar-refractivity contribution in [1.82, 2.24) is 4.98 Å². The number of ether oxygens (including phenoxy) is 1. The molecule has 3 nitrogen and oxygen atoms in total. The van der Waals surface area contributed by atoms with Gasteiger partial charge in [0.2, 0.25) is 0 Å². The summed E-state index contributed by atoms with van der Waals surface area (Å²) in [5.74, 6) is -0.360. The van der Waals surface area contributed by atoms with Crippen LogP contribution in [0.25, 0.3) is 11.3 Å². The molecule has 0 aliphatic rings. The average molecular weight is 280 g/mol. The highest BCUT2D eigenvalue weighted by molar-refractivity contribution is 9.10. The molecular weight excluding hydrogens is 270 g/mol. The molecule has 0 saturated heterocycles. The molecule has 2 aromatic rings. The lowest BCUT2D eigenvalue weighted by molar-refractivity contribution is 0.0595. The van der Waals surface area contributed by atoms with E-state index in [0.717, 1.165) is 15.7 Å². The maximum atomic E-state index is 11.3. The van der Waals surface area contributed by atoms with Gasteiger partial charge in [-0.3, -0.25) is 0 Å². The monoisotopic (exact) mass is 279 g/mol. The third-order valence-electron chi connectivity index (χ3n) is 2.23. The van der Waals surface area contributed by atoms with Crippen LogP contribution in [0.3, 0.4) is 0 Å². The van der Waals surface area contributed by atoms with Crippen LogP contribution in [-0.2, 0) is 4.74 Å². The van der Waals surface area contributed by atoms with Crippen molar-refractivity contribution in [3.05, 3.63) is 46.6 Å². The fraction of sp³-hybridized carbons (Fsp3) is 0.0833. The Labute approximate surface area is 102 Å². The lowest BCUT2D eigenvalue weighted by Crippen LogP contribution is -2.00. The summed E-state index contributed by atoms with van der Waals surface area (Å²) < 4.78 is 5.63. The van der Waals surface area contributed by atoms with E-state index in [9.17, 15) is 4.79 Å². The maximum absolute atomic E-state index is 11.3. The van der Waals surface area contributed by atoms with Crippen LogP contribution in [0.1, 0.15) is 10.5 Å². The number of nitrogens with one attached hydrogen (secondary N) is 1. The lowest BCUT2D eigenvalue weighted by atomic mass is 10.2. The standard InChI is InChI=1S/C12H10BrNO2/c1-16-12(15)11-6-5-10(14-11)8-3-2-4-9(13)7-8/h2-7,14H,1H3. The summed E-state index contributed by atoms with van der Waals surface area (Å²) in [6.07, 6.45) is 0. The Hall–Kier alpha value is -1.55. The van der Waals surface area contributed by atoms with Gasteiger partial charge in [-0.05, 0) is 29.8 Å². The van der Waals surface area contributed by atoms with Crippen LogP contribution >= 0.6 is 15.9 Å². The van der Waals surface area contributed by atoms with Crippen LogP contribution in [0, 0.1) is 0 Å². The van der Waals surface area contributed by atoms with E-state index in [1.807, 2.05) is 30.3 Å². The molecule has 82 valence electrons. The fourth-order valence-corrected chi connectivity index (χ4v) is 1.85. The number of hydrogen-bond acceptors (Lipinski definition) is 2. The van der Waals surface area contributed by atoms with E-state index >= 15 is 0 Å². The third-order valence-corrected chi connectivity index (χ3v) is 2.72. The molecule has 1 N–H and O–H groups in total. The van der Waals surface area contributed by atoms with Crippen LogP contribution in [0.2, 0.25) is 0 Å². The van der Waals surface area contributed by atoms with Crippen molar-refractivity contribution in [2.24, 2.45) is 0 Å². The molecule has 0 amide bonds. The van der Waals surface area contributed by atoms with Gasteiger partial charge in [0.1, 0.15) is 5.69 Å². The van der Waals surface area contributed by atoms with Crippen molar-refractivity contribution in [1.29, 1.82) is 0 Å². The average Bonchev–Trinajstić information content (AvgIpc) is 2.77. The SMILES string of the molecule is COC(=O)c1ccc(-c2cccc(Br)c2)[nH]1. The van der Waals surface area contributed by atoms with E-state index in [0.29, 0.717) is 5.69 Å². The van der Waals surface area contributed by atoms with Gasteiger partial charge in [-0.15, -0.1) is 0 Å². The number of carbonyl (C=O) groups is 1. The smallest absolute Gasteiger partial charge is 0.354 e. The zero-order valence-electron chi connectivity index (χ0n) is 8.66. The molecule has 4 heteroatoms. The normalized spacial score (nSPS) is 10.1. The van der Waals surface area contributed by atoms with E-state index in [1.165, 1.54) is 7.11 Å². The number of carbonyl (C=O) groups excluding carboxylic acids is 1.